The van der Waals surface area contributed by atoms with E-state index in [-0.39, 0.29) is 0 Å². The van der Waals surface area contributed by atoms with Crippen LogP contribution >= 0.6 is 0 Å². The number of aromatic nitrogens is 1. The summed E-state index contributed by atoms with van der Waals surface area (Å²) in [5.41, 5.74) is 5.84. The highest BCUT2D eigenvalue weighted by atomic mass is 16.6. The molecule has 1 rings (SSSR count). The first-order valence-electron chi connectivity index (χ1n) is 4.61. The quantitative estimate of drug-likeness (QED) is 0.580. The van der Waals surface area contributed by atoms with E-state index in [2.05, 4.69) is 4.98 Å². The number of carbonyl (C=O) groups excluding carboxylic acids is 1. The number of esters is 1. The lowest BCUT2D eigenvalue weighted by Gasteiger charge is -2.10. The summed E-state index contributed by atoms with van der Waals surface area (Å²) in [5.74, 6) is -0.466. The average Bonchev–Trinajstić information content (AvgIpc) is 2.19. The van der Waals surface area contributed by atoms with Crippen LogP contribution in [-0.4, -0.2) is 17.2 Å². The Labute approximate surface area is 83.1 Å². The van der Waals surface area contributed by atoms with Crippen molar-refractivity contribution in [1.29, 1.82) is 0 Å². The van der Waals surface area contributed by atoms with Gasteiger partial charge >= 0.3 is 5.97 Å². The largest absolute Gasteiger partial charge is 0.442 e. The highest BCUT2D eigenvalue weighted by molar-refractivity contribution is 5.87. The Hall–Kier alpha value is -1.42. The van der Waals surface area contributed by atoms with E-state index in [4.69, 9.17) is 10.5 Å². The zero-order valence-electron chi connectivity index (χ0n) is 8.14. The number of rotatable bonds is 4. The maximum Gasteiger partial charge on any atom is 0.358 e. The molecule has 76 valence electrons. The van der Waals surface area contributed by atoms with Gasteiger partial charge in [0.05, 0.1) is 0 Å². The Morgan fingerprint density at radius 1 is 1.64 bits per heavy atom. The molecule has 0 saturated carbocycles. The summed E-state index contributed by atoms with van der Waals surface area (Å²) < 4.78 is 4.95. The lowest BCUT2D eigenvalue weighted by Crippen LogP contribution is -2.27. The second kappa shape index (κ2) is 5.34. The van der Waals surface area contributed by atoms with Crippen molar-refractivity contribution in [2.45, 2.75) is 26.0 Å². The van der Waals surface area contributed by atoms with Crippen LogP contribution < -0.4 is 5.73 Å². The van der Waals surface area contributed by atoms with E-state index < -0.39 is 12.2 Å². The molecule has 1 atom stereocenters. The number of nitrogens with zero attached hydrogens (tertiary/aromatic N) is 1. The van der Waals surface area contributed by atoms with Crippen molar-refractivity contribution in [3.05, 3.63) is 30.1 Å². The van der Waals surface area contributed by atoms with Crippen LogP contribution in [0.1, 0.15) is 30.3 Å². The van der Waals surface area contributed by atoms with Gasteiger partial charge in [-0.1, -0.05) is 19.4 Å². The van der Waals surface area contributed by atoms with E-state index in [0.29, 0.717) is 12.1 Å². The van der Waals surface area contributed by atoms with E-state index in [1.807, 2.05) is 6.92 Å². The molecule has 0 amide bonds. The molecule has 2 N–H and O–H groups in total. The number of ether oxygens (including phenoxy) is 1. The summed E-state index contributed by atoms with van der Waals surface area (Å²) in [6.07, 6.45) is 2.56. The summed E-state index contributed by atoms with van der Waals surface area (Å²) in [5, 5.41) is 0. The van der Waals surface area contributed by atoms with Gasteiger partial charge in [-0.15, -0.1) is 0 Å². The van der Waals surface area contributed by atoms with Gasteiger partial charge in [0.25, 0.3) is 0 Å². The maximum atomic E-state index is 11.4. The number of hydrogen-bond donors (Lipinski definition) is 1. The fourth-order valence-electron chi connectivity index (χ4n) is 1.02. The smallest absolute Gasteiger partial charge is 0.358 e. The minimum Gasteiger partial charge on any atom is -0.442 e. The average molecular weight is 194 g/mol. The molecule has 1 heterocycles. The fourth-order valence-corrected chi connectivity index (χ4v) is 1.02. The van der Waals surface area contributed by atoms with Crippen LogP contribution in [0.5, 0.6) is 0 Å². The van der Waals surface area contributed by atoms with Crippen molar-refractivity contribution in [3.8, 4) is 0 Å². The zero-order chi connectivity index (χ0) is 10.4. The molecule has 0 aliphatic carbocycles. The molecule has 0 saturated heterocycles. The molecule has 1 aromatic heterocycles. The standard InChI is InChI=1S/C10H14N2O2/c1-2-5-9(11)14-10(13)8-6-3-4-7-12-8/h3-4,6-7,9H,2,5,11H2,1H3. The van der Waals surface area contributed by atoms with Gasteiger partial charge in [-0.25, -0.2) is 9.78 Å². The Morgan fingerprint density at radius 3 is 3.00 bits per heavy atom. The molecular formula is C10H14N2O2. The van der Waals surface area contributed by atoms with Crippen LogP contribution in [0.2, 0.25) is 0 Å². The molecule has 0 radical (unpaired) electrons. The van der Waals surface area contributed by atoms with Crippen LogP contribution in [0.25, 0.3) is 0 Å². The van der Waals surface area contributed by atoms with E-state index in [9.17, 15) is 4.79 Å². The maximum absolute atomic E-state index is 11.4. The molecule has 14 heavy (non-hydrogen) atoms. The third-order valence-electron chi connectivity index (χ3n) is 1.71. The summed E-state index contributed by atoms with van der Waals surface area (Å²) >= 11 is 0. The highest BCUT2D eigenvalue weighted by Crippen LogP contribution is 2.01. The third kappa shape index (κ3) is 3.14. The highest BCUT2D eigenvalue weighted by Gasteiger charge is 2.11. The van der Waals surface area contributed by atoms with Gasteiger partial charge < -0.3 is 4.74 Å². The van der Waals surface area contributed by atoms with Gasteiger partial charge in [-0.3, -0.25) is 5.73 Å². The first-order chi connectivity index (χ1) is 6.74. The first kappa shape index (κ1) is 10.7. The predicted octanol–water partition coefficient (Wildman–Crippen LogP) is 1.32. The number of hydrogen-bond acceptors (Lipinski definition) is 4. The number of nitrogens with two attached hydrogens (primary N) is 1. The first-order valence-corrected chi connectivity index (χ1v) is 4.61. The van der Waals surface area contributed by atoms with Crippen molar-refractivity contribution in [3.63, 3.8) is 0 Å². The Bertz CT molecular complexity index is 287. The normalized spacial score (nSPS) is 12.1. The summed E-state index contributed by atoms with van der Waals surface area (Å²) in [6, 6.07) is 5.07. The van der Waals surface area contributed by atoms with Gasteiger partial charge in [0.2, 0.25) is 0 Å². The molecule has 0 aliphatic rings. The summed E-state index contributed by atoms with van der Waals surface area (Å²) in [7, 11) is 0. The summed E-state index contributed by atoms with van der Waals surface area (Å²) in [4.78, 5) is 15.2. The fraction of sp³-hybridized carbons (Fsp3) is 0.400. The van der Waals surface area contributed by atoms with Crippen LogP contribution in [0, 0.1) is 0 Å². The van der Waals surface area contributed by atoms with E-state index in [1.54, 1.807) is 24.4 Å². The van der Waals surface area contributed by atoms with Crippen molar-refractivity contribution in [2.75, 3.05) is 0 Å². The molecule has 1 unspecified atom stereocenters. The number of carbonyl (C=O) groups is 1. The molecule has 1 aromatic rings. The minimum atomic E-state index is -0.533. The molecule has 4 nitrogen and oxygen atoms in total. The second-order valence-corrected chi connectivity index (χ2v) is 2.95. The molecular weight excluding hydrogens is 180 g/mol. The lowest BCUT2D eigenvalue weighted by molar-refractivity contribution is 0.0289. The van der Waals surface area contributed by atoms with Gasteiger partial charge in [0.1, 0.15) is 5.69 Å². The SMILES string of the molecule is CCCC(N)OC(=O)c1ccccn1. The van der Waals surface area contributed by atoms with Gasteiger partial charge in [0, 0.05) is 6.20 Å². The molecule has 0 aromatic carbocycles. The Morgan fingerprint density at radius 2 is 2.43 bits per heavy atom. The Kier molecular flexibility index (Phi) is 4.07. The third-order valence-corrected chi connectivity index (χ3v) is 1.71. The number of pyridine rings is 1. The van der Waals surface area contributed by atoms with Gasteiger partial charge in [-0.2, -0.15) is 0 Å². The van der Waals surface area contributed by atoms with E-state index >= 15 is 0 Å². The molecule has 4 heteroatoms. The van der Waals surface area contributed by atoms with Crippen LogP contribution in [0.4, 0.5) is 0 Å². The summed E-state index contributed by atoms with van der Waals surface area (Å²) in [6.45, 7) is 1.98. The topological polar surface area (TPSA) is 65.2 Å². The molecule has 0 fully saturated rings. The van der Waals surface area contributed by atoms with E-state index in [1.165, 1.54) is 0 Å². The van der Waals surface area contributed by atoms with Crippen molar-refractivity contribution >= 4 is 5.97 Å². The monoisotopic (exact) mass is 194 g/mol. The van der Waals surface area contributed by atoms with E-state index in [0.717, 1.165) is 6.42 Å². The second-order valence-electron chi connectivity index (χ2n) is 2.95. The van der Waals surface area contributed by atoms with Crippen LogP contribution in [-0.2, 0) is 4.74 Å². The molecule has 0 spiro atoms. The zero-order valence-corrected chi connectivity index (χ0v) is 8.14. The lowest BCUT2D eigenvalue weighted by atomic mass is 10.3. The molecule has 0 aliphatic heterocycles. The predicted molar refractivity (Wildman–Crippen MR) is 52.5 cm³/mol. The minimum absolute atomic E-state index is 0.291. The Balaban J connectivity index is 2.51. The van der Waals surface area contributed by atoms with Gasteiger partial charge in [-0.05, 0) is 18.6 Å². The molecule has 0 bridgehead atoms. The van der Waals surface area contributed by atoms with Crippen LogP contribution in [0.15, 0.2) is 24.4 Å². The van der Waals surface area contributed by atoms with Crippen molar-refractivity contribution in [2.24, 2.45) is 5.73 Å². The van der Waals surface area contributed by atoms with Gasteiger partial charge in [0.15, 0.2) is 6.23 Å². The van der Waals surface area contributed by atoms with Crippen molar-refractivity contribution in [1.82, 2.24) is 4.98 Å². The van der Waals surface area contributed by atoms with Crippen molar-refractivity contribution < 1.29 is 9.53 Å². The van der Waals surface area contributed by atoms with Crippen LogP contribution in [0.3, 0.4) is 0 Å².